The number of aromatic amines is 1. The van der Waals surface area contributed by atoms with Crippen molar-refractivity contribution in [1.82, 2.24) is 15.3 Å². The van der Waals surface area contributed by atoms with E-state index in [2.05, 4.69) is 41.5 Å². The monoisotopic (exact) mass is 445 g/mol. The summed E-state index contributed by atoms with van der Waals surface area (Å²) in [4.78, 5) is 23.6. The molecule has 0 radical (unpaired) electrons. The zero-order chi connectivity index (χ0) is 19.1. The third kappa shape index (κ3) is 5.67. The second kappa shape index (κ2) is 9.34. The molecule has 3 aromatic rings. The number of rotatable bonds is 7. The normalized spacial score (nSPS) is 10.9. The minimum Gasteiger partial charge on any atom is -0.383 e. The number of carbonyl (C=O) groups excluding carboxylic acids is 1. The average molecular weight is 447 g/mol. The Morgan fingerprint density at radius 2 is 2.19 bits per heavy atom. The molecule has 0 saturated heterocycles. The Morgan fingerprint density at radius 3 is 2.96 bits per heavy atom. The molecular weight excluding hydrogens is 430 g/mol. The Labute approximate surface area is 170 Å². The average Bonchev–Trinajstić information content (AvgIpc) is 3.17. The summed E-state index contributed by atoms with van der Waals surface area (Å²) < 4.78 is 0.938. The van der Waals surface area contributed by atoms with Crippen LogP contribution in [0.1, 0.15) is 16.1 Å². The highest BCUT2D eigenvalue weighted by atomic mass is 79.9. The summed E-state index contributed by atoms with van der Waals surface area (Å²) in [6.45, 7) is 0.718. The number of carbonyl (C=O) groups is 1. The van der Waals surface area contributed by atoms with Gasteiger partial charge >= 0.3 is 0 Å². The number of benzene rings is 2. The zero-order valence-corrected chi connectivity index (χ0v) is 16.6. The van der Waals surface area contributed by atoms with Crippen LogP contribution in [0, 0.1) is 0 Å². The van der Waals surface area contributed by atoms with Gasteiger partial charge in [0.2, 0.25) is 0 Å². The number of nitrogens with one attached hydrogen (secondary N) is 3. The molecule has 8 heteroatoms. The van der Waals surface area contributed by atoms with Crippen LogP contribution in [0.2, 0.25) is 5.02 Å². The number of nitrogens with zero attached hydrogens (tertiary/aromatic N) is 2. The Bertz CT molecular complexity index is 943. The van der Waals surface area contributed by atoms with Crippen LogP contribution in [0.3, 0.4) is 0 Å². The van der Waals surface area contributed by atoms with E-state index >= 15 is 0 Å². The molecule has 0 spiro atoms. The molecule has 0 unspecified atom stereocenters. The van der Waals surface area contributed by atoms with Crippen molar-refractivity contribution in [2.45, 2.75) is 6.42 Å². The first-order chi connectivity index (χ1) is 13.1. The summed E-state index contributed by atoms with van der Waals surface area (Å²) in [5.74, 6) is -0.271. The van der Waals surface area contributed by atoms with Gasteiger partial charge in [0.05, 0.1) is 24.0 Å². The highest BCUT2D eigenvalue weighted by Crippen LogP contribution is 2.28. The van der Waals surface area contributed by atoms with Gasteiger partial charge in [-0.25, -0.2) is 9.98 Å². The largest absolute Gasteiger partial charge is 0.383 e. The van der Waals surface area contributed by atoms with Gasteiger partial charge in [-0.1, -0.05) is 33.6 Å². The van der Waals surface area contributed by atoms with Gasteiger partial charge in [0.25, 0.3) is 5.91 Å². The van der Waals surface area contributed by atoms with E-state index in [-0.39, 0.29) is 5.91 Å². The molecule has 138 valence electrons. The van der Waals surface area contributed by atoms with E-state index in [4.69, 9.17) is 11.6 Å². The lowest BCUT2D eigenvalue weighted by molar-refractivity contribution is 0.0978. The quantitative estimate of drug-likeness (QED) is 0.367. The SMILES string of the molecule is O=C(NC=Nc1ccc(Br)cc1NCCc1cnc[nH]1)c1cccc(Cl)c1. The first-order valence-electron chi connectivity index (χ1n) is 8.21. The van der Waals surface area contributed by atoms with Crippen molar-refractivity contribution in [3.8, 4) is 0 Å². The van der Waals surface area contributed by atoms with Gasteiger partial charge < -0.3 is 15.6 Å². The first kappa shape index (κ1) is 19.1. The predicted molar refractivity (Wildman–Crippen MR) is 112 cm³/mol. The van der Waals surface area contributed by atoms with Crippen LogP contribution >= 0.6 is 27.5 Å². The van der Waals surface area contributed by atoms with E-state index in [1.807, 2.05) is 18.2 Å². The van der Waals surface area contributed by atoms with Gasteiger partial charge in [-0.2, -0.15) is 0 Å². The van der Waals surface area contributed by atoms with Crippen LogP contribution in [0.4, 0.5) is 11.4 Å². The number of amides is 1. The highest BCUT2D eigenvalue weighted by Gasteiger charge is 2.05. The molecular formula is C19H17BrClN5O. The zero-order valence-electron chi connectivity index (χ0n) is 14.2. The van der Waals surface area contributed by atoms with Crippen molar-refractivity contribution in [2.75, 3.05) is 11.9 Å². The molecule has 0 aliphatic heterocycles. The van der Waals surface area contributed by atoms with Gasteiger partial charge in [-0.05, 0) is 36.4 Å². The molecule has 3 rings (SSSR count). The number of aromatic nitrogens is 2. The highest BCUT2D eigenvalue weighted by molar-refractivity contribution is 9.10. The Balaban J connectivity index is 1.63. The lowest BCUT2D eigenvalue weighted by atomic mass is 10.2. The number of aliphatic imine (C=N–C) groups is 1. The molecule has 0 saturated carbocycles. The van der Waals surface area contributed by atoms with E-state index in [0.717, 1.165) is 28.8 Å². The fraction of sp³-hybridized carbons (Fsp3) is 0.105. The number of hydrogen-bond acceptors (Lipinski definition) is 4. The predicted octanol–water partition coefficient (Wildman–Crippen LogP) is 4.57. The molecule has 3 N–H and O–H groups in total. The van der Waals surface area contributed by atoms with Crippen LogP contribution in [0.25, 0.3) is 0 Å². The van der Waals surface area contributed by atoms with Gasteiger partial charge in [0.15, 0.2) is 0 Å². The third-order valence-corrected chi connectivity index (χ3v) is 4.44. The lowest BCUT2D eigenvalue weighted by Gasteiger charge is -2.09. The van der Waals surface area contributed by atoms with Crippen LogP contribution in [-0.2, 0) is 6.42 Å². The molecule has 0 fully saturated rings. The topological polar surface area (TPSA) is 82.2 Å². The smallest absolute Gasteiger partial charge is 0.256 e. The fourth-order valence-corrected chi connectivity index (χ4v) is 2.94. The fourth-order valence-electron chi connectivity index (χ4n) is 2.39. The summed E-state index contributed by atoms with van der Waals surface area (Å²) >= 11 is 9.37. The van der Waals surface area contributed by atoms with Gasteiger partial charge in [0, 0.05) is 39.9 Å². The van der Waals surface area contributed by atoms with Crippen molar-refractivity contribution in [3.05, 3.63) is 75.7 Å². The van der Waals surface area contributed by atoms with Crippen molar-refractivity contribution < 1.29 is 4.79 Å². The standard InChI is InChI=1S/C19H17BrClN5O/c20-14-4-5-17(18(9-14)23-7-6-16-10-22-11-24-16)25-12-26-19(27)13-2-1-3-15(21)8-13/h1-5,8-12,23H,6-7H2,(H,22,24)(H,25,26,27). The van der Waals surface area contributed by atoms with Crippen LogP contribution in [0.5, 0.6) is 0 Å². The summed E-state index contributed by atoms with van der Waals surface area (Å²) in [6, 6.07) is 12.4. The van der Waals surface area contributed by atoms with E-state index < -0.39 is 0 Å². The van der Waals surface area contributed by atoms with Crippen LogP contribution < -0.4 is 10.6 Å². The van der Waals surface area contributed by atoms with E-state index in [1.165, 1.54) is 6.34 Å². The van der Waals surface area contributed by atoms with Crippen LogP contribution in [0.15, 0.2) is 64.5 Å². The van der Waals surface area contributed by atoms with Gasteiger partial charge in [0.1, 0.15) is 0 Å². The molecule has 2 aromatic carbocycles. The molecule has 27 heavy (non-hydrogen) atoms. The Kier molecular flexibility index (Phi) is 6.62. The van der Waals surface area contributed by atoms with Crippen molar-refractivity contribution in [3.63, 3.8) is 0 Å². The van der Waals surface area contributed by atoms with E-state index in [0.29, 0.717) is 16.3 Å². The van der Waals surface area contributed by atoms with Gasteiger partial charge in [-0.3, -0.25) is 4.79 Å². The second-order valence-electron chi connectivity index (χ2n) is 5.66. The minimum atomic E-state index is -0.271. The first-order valence-corrected chi connectivity index (χ1v) is 9.38. The van der Waals surface area contributed by atoms with E-state index in [9.17, 15) is 4.79 Å². The second-order valence-corrected chi connectivity index (χ2v) is 7.01. The molecule has 1 heterocycles. The number of hydrogen-bond donors (Lipinski definition) is 3. The van der Waals surface area contributed by atoms with E-state index in [1.54, 1.807) is 36.8 Å². The molecule has 0 aliphatic rings. The molecule has 0 aliphatic carbocycles. The van der Waals surface area contributed by atoms with Crippen molar-refractivity contribution in [2.24, 2.45) is 4.99 Å². The third-order valence-electron chi connectivity index (χ3n) is 3.71. The number of imidazole rings is 1. The number of anilines is 1. The summed E-state index contributed by atoms with van der Waals surface area (Å²) in [5.41, 5.74) is 3.10. The molecule has 1 aromatic heterocycles. The molecule has 0 atom stereocenters. The molecule has 0 bridgehead atoms. The van der Waals surface area contributed by atoms with Gasteiger partial charge in [-0.15, -0.1) is 0 Å². The summed E-state index contributed by atoms with van der Waals surface area (Å²) in [6.07, 6.45) is 5.65. The maximum Gasteiger partial charge on any atom is 0.256 e. The maximum absolute atomic E-state index is 12.1. The summed E-state index contributed by atoms with van der Waals surface area (Å²) in [7, 11) is 0. The summed E-state index contributed by atoms with van der Waals surface area (Å²) in [5, 5.41) is 6.51. The van der Waals surface area contributed by atoms with Crippen LogP contribution in [-0.4, -0.2) is 28.8 Å². The minimum absolute atomic E-state index is 0.271. The maximum atomic E-state index is 12.1. The Hall–Kier alpha value is -2.64. The van der Waals surface area contributed by atoms with Crippen molar-refractivity contribution in [1.29, 1.82) is 0 Å². The Morgan fingerprint density at radius 1 is 1.30 bits per heavy atom. The molecule has 1 amide bonds. The van der Waals surface area contributed by atoms with Crippen molar-refractivity contribution >= 4 is 51.2 Å². The number of H-pyrrole nitrogens is 1. The molecule has 6 nitrogen and oxygen atoms in total. The lowest BCUT2D eigenvalue weighted by Crippen LogP contribution is -2.21. The number of halogens is 2.